The third-order valence-corrected chi connectivity index (χ3v) is 5.01. The second kappa shape index (κ2) is 7.87. The molecule has 3 heterocycles. The highest BCUT2D eigenvalue weighted by molar-refractivity contribution is 5.94. The monoisotopic (exact) mass is 393 g/mol. The maximum absolute atomic E-state index is 13.7. The highest BCUT2D eigenvalue weighted by atomic mass is 19.1. The molecule has 1 N–H and O–H groups in total. The number of nitrogens with one attached hydrogen (secondary N) is 1. The minimum Gasteiger partial charge on any atom is -0.475 e. The van der Waals surface area contributed by atoms with E-state index in [-0.39, 0.29) is 29.9 Å². The molecule has 3 aromatic rings. The average molecular weight is 393 g/mol. The minimum absolute atomic E-state index is 0.221. The zero-order valence-electron chi connectivity index (χ0n) is 15.9. The van der Waals surface area contributed by atoms with Gasteiger partial charge in [0.05, 0.1) is 11.6 Å². The number of aromatic amines is 1. The molecular formula is C22H20FN3O3. The van der Waals surface area contributed by atoms with Gasteiger partial charge in [-0.2, -0.15) is 0 Å². The van der Waals surface area contributed by atoms with Crippen LogP contribution >= 0.6 is 0 Å². The van der Waals surface area contributed by atoms with Crippen LogP contribution in [0.25, 0.3) is 0 Å². The number of amides is 1. The van der Waals surface area contributed by atoms with Gasteiger partial charge in [0, 0.05) is 31.1 Å². The summed E-state index contributed by atoms with van der Waals surface area (Å²) in [5, 5.41) is 0. The van der Waals surface area contributed by atoms with Gasteiger partial charge in [-0.1, -0.05) is 12.1 Å². The lowest BCUT2D eigenvalue weighted by Gasteiger charge is -2.36. The van der Waals surface area contributed by atoms with E-state index in [1.807, 2.05) is 13.0 Å². The van der Waals surface area contributed by atoms with Crippen molar-refractivity contribution in [3.63, 3.8) is 0 Å². The van der Waals surface area contributed by atoms with Crippen molar-refractivity contribution in [2.24, 2.45) is 0 Å². The number of hydrogen-bond donors (Lipinski definition) is 1. The summed E-state index contributed by atoms with van der Waals surface area (Å²) in [6.45, 7) is 2.50. The van der Waals surface area contributed by atoms with Crippen LogP contribution in [-0.4, -0.2) is 33.4 Å². The molecule has 29 heavy (non-hydrogen) atoms. The van der Waals surface area contributed by atoms with Crippen molar-refractivity contribution in [3.05, 3.63) is 93.3 Å². The number of nitrogens with zero attached hydrogens (tertiary/aromatic N) is 2. The molecule has 1 atom stereocenters. The maximum Gasteiger partial charge on any atom is 0.256 e. The normalized spacial score (nSPS) is 15.7. The van der Waals surface area contributed by atoms with E-state index in [1.54, 1.807) is 23.2 Å². The third kappa shape index (κ3) is 4.18. The van der Waals surface area contributed by atoms with E-state index < -0.39 is 0 Å². The summed E-state index contributed by atoms with van der Waals surface area (Å²) in [4.78, 5) is 32.9. The molecule has 4 rings (SSSR count). The van der Waals surface area contributed by atoms with Gasteiger partial charge in [0.2, 0.25) is 11.4 Å². The van der Waals surface area contributed by atoms with E-state index in [4.69, 9.17) is 4.74 Å². The third-order valence-electron chi connectivity index (χ3n) is 5.01. The quantitative estimate of drug-likeness (QED) is 0.740. The lowest BCUT2D eigenvalue weighted by molar-refractivity contribution is 0.0562. The predicted octanol–water partition coefficient (Wildman–Crippen LogP) is 2.86. The second-order valence-electron chi connectivity index (χ2n) is 7.13. The Hall–Kier alpha value is -3.48. The molecule has 0 radical (unpaired) electrons. The van der Waals surface area contributed by atoms with Crippen LogP contribution in [0.2, 0.25) is 0 Å². The Morgan fingerprint density at radius 3 is 2.83 bits per heavy atom. The summed E-state index contributed by atoms with van der Waals surface area (Å²) in [7, 11) is 0. The molecule has 1 amide bonds. The van der Waals surface area contributed by atoms with Crippen LogP contribution in [-0.2, 0) is 13.0 Å². The Bertz CT molecular complexity index is 1070. The Morgan fingerprint density at radius 1 is 1.24 bits per heavy atom. The highest BCUT2D eigenvalue weighted by Crippen LogP contribution is 2.26. The number of aryl methyl sites for hydroxylation is 1. The van der Waals surface area contributed by atoms with Crippen LogP contribution < -0.4 is 10.3 Å². The van der Waals surface area contributed by atoms with Crippen molar-refractivity contribution in [2.45, 2.75) is 25.9 Å². The number of aromatic nitrogens is 2. The van der Waals surface area contributed by atoms with Gasteiger partial charge in [-0.05, 0) is 48.2 Å². The molecule has 0 spiro atoms. The number of ether oxygens (including phenoxy) is 1. The summed E-state index contributed by atoms with van der Waals surface area (Å²) < 4.78 is 19.5. The molecule has 0 saturated heterocycles. The number of fused-ring (bicyclic) bond motifs is 1. The molecule has 0 saturated carbocycles. The number of pyridine rings is 2. The van der Waals surface area contributed by atoms with Gasteiger partial charge in [0.25, 0.3) is 5.91 Å². The molecule has 148 valence electrons. The van der Waals surface area contributed by atoms with Crippen molar-refractivity contribution in [2.75, 3.05) is 6.61 Å². The Balaban J connectivity index is 1.60. The van der Waals surface area contributed by atoms with E-state index in [0.717, 1.165) is 16.7 Å². The van der Waals surface area contributed by atoms with Gasteiger partial charge >= 0.3 is 0 Å². The zero-order valence-corrected chi connectivity index (χ0v) is 15.9. The number of halogens is 1. The standard InChI is InChI=1S/C22H20FN3O3/c1-14-2-7-21(25-10-14)29-13-19-9-17-8-18(23)5-3-16(17)12-26(19)22(28)15-4-6-20(27)24-11-15/h2-8,10-11,19H,9,12-13H2,1H3,(H,24,27). The number of rotatable bonds is 4. The molecule has 1 aliphatic rings. The molecule has 0 aliphatic carbocycles. The van der Waals surface area contributed by atoms with Crippen LogP contribution in [0.4, 0.5) is 4.39 Å². The number of benzene rings is 1. The van der Waals surface area contributed by atoms with Crippen molar-refractivity contribution in [3.8, 4) is 5.88 Å². The summed E-state index contributed by atoms with van der Waals surface area (Å²) in [6, 6.07) is 10.8. The van der Waals surface area contributed by atoms with Gasteiger partial charge in [-0.15, -0.1) is 0 Å². The van der Waals surface area contributed by atoms with Crippen LogP contribution in [0.3, 0.4) is 0 Å². The van der Waals surface area contributed by atoms with Crippen molar-refractivity contribution >= 4 is 5.91 Å². The first-order valence-corrected chi connectivity index (χ1v) is 9.32. The first-order chi connectivity index (χ1) is 14.0. The Morgan fingerprint density at radius 2 is 2.10 bits per heavy atom. The van der Waals surface area contributed by atoms with Crippen molar-refractivity contribution in [1.29, 1.82) is 0 Å². The van der Waals surface area contributed by atoms with Gasteiger partial charge in [-0.3, -0.25) is 9.59 Å². The maximum atomic E-state index is 13.7. The minimum atomic E-state index is -0.302. The van der Waals surface area contributed by atoms with Crippen LogP contribution in [0.15, 0.2) is 59.7 Å². The topological polar surface area (TPSA) is 75.3 Å². The lowest BCUT2D eigenvalue weighted by atomic mass is 9.93. The van der Waals surface area contributed by atoms with E-state index in [9.17, 15) is 14.0 Å². The van der Waals surface area contributed by atoms with Gasteiger partial charge < -0.3 is 14.6 Å². The van der Waals surface area contributed by atoms with Gasteiger partial charge in [-0.25, -0.2) is 9.37 Å². The highest BCUT2D eigenvalue weighted by Gasteiger charge is 2.31. The number of carbonyl (C=O) groups is 1. The summed E-state index contributed by atoms with van der Waals surface area (Å²) in [5.74, 6) is -0.0530. The molecule has 1 unspecified atom stereocenters. The molecule has 0 bridgehead atoms. The summed E-state index contributed by atoms with van der Waals surface area (Å²) >= 11 is 0. The first kappa shape index (κ1) is 18.9. The van der Waals surface area contributed by atoms with Gasteiger partial charge in [0.1, 0.15) is 12.4 Å². The molecule has 1 aliphatic heterocycles. The SMILES string of the molecule is Cc1ccc(OCC2Cc3cc(F)ccc3CN2C(=O)c2ccc(=O)[nH]c2)nc1. The zero-order chi connectivity index (χ0) is 20.4. The lowest BCUT2D eigenvalue weighted by Crippen LogP contribution is -2.47. The van der Waals surface area contributed by atoms with Crippen LogP contribution in [0, 0.1) is 12.7 Å². The molecule has 0 fully saturated rings. The largest absolute Gasteiger partial charge is 0.475 e. The van der Waals surface area contributed by atoms with Crippen LogP contribution in [0.1, 0.15) is 27.0 Å². The predicted molar refractivity (Wildman–Crippen MR) is 105 cm³/mol. The molecule has 2 aromatic heterocycles. The number of H-pyrrole nitrogens is 1. The Labute approximate surface area is 167 Å². The molecule has 1 aromatic carbocycles. The van der Waals surface area contributed by atoms with Crippen molar-refractivity contribution < 1.29 is 13.9 Å². The number of hydrogen-bond acceptors (Lipinski definition) is 4. The van der Waals surface area contributed by atoms with E-state index >= 15 is 0 Å². The molecule has 6 nitrogen and oxygen atoms in total. The average Bonchev–Trinajstić information content (AvgIpc) is 2.72. The fourth-order valence-electron chi connectivity index (χ4n) is 3.43. The van der Waals surface area contributed by atoms with Gasteiger partial charge in [0.15, 0.2) is 0 Å². The van der Waals surface area contributed by atoms with Crippen LogP contribution in [0.5, 0.6) is 5.88 Å². The first-order valence-electron chi connectivity index (χ1n) is 9.32. The molecule has 7 heteroatoms. The Kier molecular flexibility index (Phi) is 5.12. The molecular weight excluding hydrogens is 373 g/mol. The summed E-state index contributed by atoms with van der Waals surface area (Å²) in [5.41, 5.74) is 2.89. The van der Waals surface area contributed by atoms with E-state index in [0.29, 0.717) is 24.4 Å². The number of carbonyl (C=O) groups excluding carboxylic acids is 1. The fourth-order valence-corrected chi connectivity index (χ4v) is 3.43. The van der Waals surface area contributed by atoms with E-state index in [1.165, 1.54) is 30.5 Å². The second-order valence-corrected chi connectivity index (χ2v) is 7.13. The smallest absolute Gasteiger partial charge is 0.256 e. The van der Waals surface area contributed by atoms with E-state index in [2.05, 4.69) is 9.97 Å². The van der Waals surface area contributed by atoms with Crippen molar-refractivity contribution in [1.82, 2.24) is 14.9 Å². The fraction of sp³-hybridized carbons (Fsp3) is 0.227. The summed E-state index contributed by atoms with van der Waals surface area (Å²) in [6.07, 6.45) is 3.59.